The van der Waals surface area contributed by atoms with Crippen molar-refractivity contribution in [3.05, 3.63) is 59.7 Å². The van der Waals surface area contributed by atoms with Crippen LogP contribution in [0, 0.1) is 0 Å². The first-order valence-electron chi connectivity index (χ1n) is 8.59. The maximum absolute atomic E-state index is 12.4. The standard InChI is InChI=1S/C20H19N3O3/c24-19(14-11-13-3-1-2-4-18(13)26-12-14)21-15-5-7-16(8-6-15)22-20(25)23-17-9-10-17/h1-8,11,17H,9-10,12H2,(H,21,24)(H2,22,23,25). The monoisotopic (exact) mass is 349 g/mol. The second-order valence-corrected chi connectivity index (χ2v) is 6.40. The summed E-state index contributed by atoms with van der Waals surface area (Å²) in [4.78, 5) is 24.1. The minimum Gasteiger partial charge on any atom is -0.488 e. The highest BCUT2D eigenvalue weighted by Crippen LogP contribution is 2.26. The number of hydrogen-bond donors (Lipinski definition) is 3. The van der Waals surface area contributed by atoms with Crippen LogP contribution in [0.1, 0.15) is 18.4 Å². The van der Waals surface area contributed by atoms with Gasteiger partial charge in [-0.2, -0.15) is 0 Å². The van der Waals surface area contributed by atoms with Crippen LogP contribution in [-0.4, -0.2) is 24.6 Å². The van der Waals surface area contributed by atoms with Crippen molar-refractivity contribution in [2.45, 2.75) is 18.9 Å². The van der Waals surface area contributed by atoms with E-state index in [2.05, 4.69) is 16.0 Å². The first-order chi connectivity index (χ1) is 12.7. The highest BCUT2D eigenvalue weighted by Gasteiger charge is 2.23. The highest BCUT2D eigenvalue weighted by molar-refractivity contribution is 6.07. The van der Waals surface area contributed by atoms with E-state index in [1.165, 1.54) is 0 Å². The van der Waals surface area contributed by atoms with Crippen LogP contribution in [0.15, 0.2) is 54.1 Å². The molecule has 0 bridgehead atoms. The number of carbonyl (C=O) groups is 2. The van der Waals surface area contributed by atoms with E-state index in [4.69, 9.17) is 4.74 Å². The van der Waals surface area contributed by atoms with Gasteiger partial charge in [-0.15, -0.1) is 0 Å². The van der Waals surface area contributed by atoms with Crippen LogP contribution in [0.5, 0.6) is 5.75 Å². The Labute approximate surface area is 151 Å². The third-order valence-electron chi connectivity index (χ3n) is 4.24. The van der Waals surface area contributed by atoms with Crippen molar-refractivity contribution in [3.8, 4) is 5.75 Å². The quantitative estimate of drug-likeness (QED) is 0.792. The molecular formula is C20H19N3O3. The lowest BCUT2D eigenvalue weighted by Gasteiger charge is -2.17. The summed E-state index contributed by atoms with van der Waals surface area (Å²) in [5.41, 5.74) is 2.79. The number of rotatable bonds is 4. The van der Waals surface area contributed by atoms with Gasteiger partial charge in [-0.25, -0.2) is 4.79 Å². The molecule has 2 aromatic rings. The van der Waals surface area contributed by atoms with Crippen molar-refractivity contribution in [1.29, 1.82) is 0 Å². The van der Waals surface area contributed by atoms with E-state index in [1.807, 2.05) is 30.3 Å². The van der Waals surface area contributed by atoms with Gasteiger partial charge in [0.05, 0.1) is 5.57 Å². The molecule has 3 N–H and O–H groups in total. The maximum atomic E-state index is 12.4. The number of fused-ring (bicyclic) bond motifs is 1. The van der Waals surface area contributed by atoms with Crippen LogP contribution in [0.2, 0.25) is 0 Å². The van der Waals surface area contributed by atoms with Crippen molar-refractivity contribution in [2.24, 2.45) is 0 Å². The topological polar surface area (TPSA) is 79.5 Å². The van der Waals surface area contributed by atoms with E-state index in [1.54, 1.807) is 24.3 Å². The summed E-state index contributed by atoms with van der Waals surface area (Å²) >= 11 is 0. The zero-order valence-corrected chi connectivity index (χ0v) is 14.1. The molecule has 0 unspecified atom stereocenters. The number of anilines is 2. The Bertz CT molecular complexity index is 870. The van der Waals surface area contributed by atoms with Gasteiger partial charge < -0.3 is 20.7 Å². The van der Waals surface area contributed by atoms with Crippen LogP contribution >= 0.6 is 0 Å². The van der Waals surface area contributed by atoms with E-state index in [0.29, 0.717) is 23.0 Å². The zero-order valence-electron chi connectivity index (χ0n) is 14.1. The summed E-state index contributed by atoms with van der Waals surface area (Å²) < 4.78 is 5.61. The van der Waals surface area contributed by atoms with Crippen molar-refractivity contribution in [2.75, 3.05) is 17.2 Å². The molecule has 4 rings (SSSR count). The molecule has 132 valence electrons. The van der Waals surface area contributed by atoms with Crippen molar-refractivity contribution >= 4 is 29.4 Å². The predicted molar refractivity (Wildman–Crippen MR) is 100 cm³/mol. The number of urea groups is 1. The van der Waals surface area contributed by atoms with Gasteiger partial charge >= 0.3 is 6.03 Å². The first kappa shape index (κ1) is 16.2. The molecular weight excluding hydrogens is 330 g/mol. The molecule has 3 amide bonds. The third-order valence-corrected chi connectivity index (χ3v) is 4.24. The average molecular weight is 349 g/mol. The average Bonchev–Trinajstić information content (AvgIpc) is 3.46. The van der Waals surface area contributed by atoms with Gasteiger partial charge in [0.15, 0.2) is 0 Å². The molecule has 2 aromatic carbocycles. The van der Waals surface area contributed by atoms with E-state index in [9.17, 15) is 9.59 Å². The molecule has 1 aliphatic heterocycles. The van der Waals surface area contributed by atoms with E-state index < -0.39 is 0 Å². The maximum Gasteiger partial charge on any atom is 0.319 e. The summed E-state index contributed by atoms with van der Waals surface area (Å²) in [6.07, 6.45) is 3.93. The smallest absolute Gasteiger partial charge is 0.319 e. The van der Waals surface area contributed by atoms with Gasteiger partial charge in [0.25, 0.3) is 5.91 Å². The molecule has 0 saturated heterocycles. The second-order valence-electron chi connectivity index (χ2n) is 6.40. The fraction of sp³-hybridized carbons (Fsp3) is 0.200. The number of nitrogens with one attached hydrogen (secondary N) is 3. The van der Waals surface area contributed by atoms with Gasteiger partial charge in [-0.1, -0.05) is 18.2 Å². The van der Waals surface area contributed by atoms with Gasteiger partial charge in [0.1, 0.15) is 12.4 Å². The number of benzene rings is 2. The Balaban J connectivity index is 1.37. The summed E-state index contributed by atoms with van der Waals surface area (Å²) in [6.45, 7) is 0.240. The Morgan fingerprint density at radius 1 is 0.923 bits per heavy atom. The second kappa shape index (κ2) is 6.92. The molecule has 1 heterocycles. The Kier molecular flexibility index (Phi) is 4.31. The van der Waals surface area contributed by atoms with Gasteiger partial charge in [0.2, 0.25) is 0 Å². The molecule has 1 aliphatic carbocycles. The minimum absolute atomic E-state index is 0.201. The van der Waals surface area contributed by atoms with Crippen LogP contribution in [0.4, 0.5) is 16.2 Å². The van der Waals surface area contributed by atoms with Crippen LogP contribution in [0.25, 0.3) is 6.08 Å². The number of ether oxygens (including phenoxy) is 1. The van der Waals surface area contributed by atoms with Crippen LogP contribution < -0.4 is 20.7 Å². The van der Waals surface area contributed by atoms with Crippen LogP contribution in [0.3, 0.4) is 0 Å². The zero-order chi connectivity index (χ0) is 17.9. The normalized spacial score (nSPS) is 15.2. The lowest BCUT2D eigenvalue weighted by Crippen LogP contribution is -2.30. The fourth-order valence-electron chi connectivity index (χ4n) is 2.68. The third kappa shape index (κ3) is 3.85. The predicted octanol–water partition coefficient (Wildman–Crippen LogP) is 3.39. The largest absolute Gasteiger partial charge is 0.488 e. The summed E-state index contributed by atoms with van der Waals surface area (Å²) in [7, 11) is 0. The molecule has 6 nitrogen and oxygen atoms in total. The Hall–Kier alpha value is -3.28. The Morgan fingerprint density at radius 2 is 1.62 bits per heavy atom. The molecule has 0 spiro atoms. The van der Waals surface area contributed by atoms with Crippen molar-refractivity contribution in [1.82, 2.24) is 5.32 Å². The van der Waals surface area contributed by atoms with Crippen molar-refractivity contribution in [3.63, 3.8) is 0 Å². The number of amides is 3. The molecule has 0 atom stereocenters. The number of carbonyl (C=O) groups excluding carboxylic acids is 2. The van der Waals surface area contributed by atoms with Gasteiger partial charge in [-0.3, -0.25) is 4.79 Å². The number of para-hydroxylation sites is 1. The molecule has 26 heavy (non-hydrogen) atoms. The van der Waals surface area contributed by atoms with Gasteiger partial charge in [0, 0.05) is 23.0 Å². The fourth-order valence-corrected chi connectivity index (χ4v) is 2.68. The lowest BCUT2D eigenvalue weighted by atomic mass is 10.1. The van der Waals surface area contributed by atoms with Crippen molar-refractivity contribution < 1.29 is 14.3 Å². The summed E-state index contributed by atoms with van der Waals surface area (Å²) in [6, 6.07) is 14.7. The molecule has 0 radical (unpaired) electrons. The van der Waals surface area contributed by atoms with Crippen LogP contribution in [-0.2, 0) is 4.79 Å². The molecule has 6 heteroatoms. The summed E-state index contributed by atoms with van der Waals surface area (Å²) in [5.74, 6) is 0.579. The molecule has 1 saturated carbocycles. The molecule has 0 aromatic heterocycles. The molecule has 1 fully saturated rings. The Morgan fingerprint density at radius 3 is 2.35 bits per heavy atom. The number of hydrogen-bond acceptors (Lipinski definition) is 3. The first-order valence-corrected chi connectivity index (χ1v) is 8.59. The SMILES string of the molecule is O=C(Nc1ccc(NC(=O)C2=Cc3ccccc3OC2)cc1)NC1CC1. The highest BCUT2D eigenvalue weighted by atomic mass is 16.5. The van der Waals surface area contributed by atoms with E-state index >= 15 is 0 Å². The molecule has 2 aliphatic rings. The van der Waals surface area contributed by atoms with Gasteiger partial charge in [-0.05, 0) is 49.2 Å². The lowest BCUT2D eigenvalue weighted by molar-refractivity contribution is -0.113. The van der Waals surface area contributed by atoms with E-state index in [-0.39, 0.29) is 18.5 Å². The summed E-state index contributed by atoms with van der Waals surface area (Å²) in [5, 5.41) is 8.48. The van der Waals surface area contributed by atoms with E-state index in [0.717, 1.165) is 24.2 Å². The minimum atomic E-state index is -0.202.